The quantitative estimate of drug-likeness (QED) is 0.337. The number of hydrogen-bond acceptors (Lipinski definition) is 7. The number of H-pyrrole nitrogens is 1. The molecule has 112 valence electrons. The van der Waals surface area contributed by atoms with Gasteiger partial charge in [-0.25, -0.2) is 4.98 Å². The van der Waals surface area contributed by atoms with Crippen LogP contribution in [0.1, 0.15) is 6.92 Å². The molecule has 0 atom stereocenters. The topological polar surface area (TPSA) is 97.8 Å². The molecule has 1 N–H and O–H groups in total. The van der Waals surface area contributed by atoms with Crippen molar-refractivity contribution in [3.63, 3.8) is 0 Å². The van der Waals surface area contributed by atoms with E-state index in [9.17, 15) is 9.59 Å². The van der Waals surface area contributed by atoms with Crippen molar-refractivity contribution in [3.8, 4) is 0 Å². The minimum absolute atomic E-state index is 0.0821. The summed E-state index contributed by atoms with van der Waals surface area (Å²) < 4.78 is 4.85. The molecule has 0 aliphatic heterocycles. The molecule has 7 nitrogen and oxygen atoms in total. The van der Waals surface area contributed by atoms with E-state index in [-0.39, 0.29) is 22.8 Å². The van der Waals surface area contributed by atoms with Gasteiger partial charge in [0.1, 0.15) is 5.52 Å². The lowest BCUT2D eigenvalue weighted by Gasteiger charge is -2.04. The number of thioether (sulfide) groups is 1. The van der Waals surface area contributed by atoms with Crippen molar-refractivity contribution in [1.29, 1.82) is 0 Å². The van der Waals surface area contributed by atoms with Crippen molar-refractivity contribution >= 4 is 39.7 Å². The predicted molar refractivity (Wildman–Crippen MR) is 82.8 cm³/mol. The van der Waals surface area contributed by atoms with Crippen molar-refractivity contribution in [2.45, 2.75) is 12.1 Å². The van der Waals surface area contributed by atoms with Gasteiger partial charge in [0.2, 0.25) is 0 Å². The summed E-state index contributed by atoms with van der Waals surface area (Å²) in [7, 11) is 0. The van der Waals surface area contributed by atoms with Crippen molar-refractivity contribution < 1.29 is 9.53 Å². The van der Waals surface area contributed by atoms with E-state index in [4.69, 9.17) is 4.74 Å². The van der Waals surface area contributed by atoms with E-state index in [1.54, 1.807) is 13.0 Å². The number of fused-ring (bicyclic) bond motifs is 3. The van der Waals surface area contributed by atoms with Crippen LogP contribution in [0.2, 0.25) is 0 Å². The van der Waals surface area contributed by atoms with Gasteiger partial charge in [-0.05, 0) is 13.0 Å². The highest BCUT2D eigenvalue weighted by molar-refractivity contribution is 7.99. The molecule has 0 saturated heterocycles. The van der Waals surface area contributed by atoms with Crippen LogP contribution in [-0.4, -0.2) is 38.5 Å². The summed E-state index contributed by atoms with van der Waals surface area (Å²) >= 11 is 1.12. The molecule has 0 radical (unpaired) electrons. The van der Waals surface area contributed by atoms with Gasteiger partial charge in [-0.3, -0.25) is 14.6 Å². The third-order valence-corrected chi connectivity index (χ3v) is 3.77. The molecule has 0 fully saturated rings. The number of carbonyl (C=O) groups excluding carboxylic acids is 1. The lowest BCUT2D eigenvalue weighted by atomic mass is 10.2. The average molecular weight is 316 g/mol. The lowest BCUT2D eigenvalue weighted by molar-refractivity contribution is -0.139. The van der Waals surface area contributed by atoms with Gasteiger partial charge in [0.25, 0.3) is 5.56 Å². The standard InChI is InChI=1S/C14H12N4O3S/c1-2-21-10(19)7-22-14-15-11-8-5-3-4-6-9(8)17-18-12(11)13(20)16-14/h3-6H,2,7H2,1H3,(H,15,16,20). The zero-order valence-corrected chi connectivity index (χ0v) is 12.5. The molecule has 1 aromatic carbocycles. The highest BCUT2D eigenvalue weighted by Gasteiger charge is 2.11. The normalized spacial score (nSPS) is 11.0. The molecule has 2 heterocycles. The number of aromatic amines is 1. The maximum atomic E-state index is 12.1. The number of hydrogen-bond donors (Lipinski definition) is 1. The van der Waals surface area contributed by atoms with Crippen LogP contribution in [0.25, 0.3) is 21.9 Å². The number of nitrogens with one attached hydrogen (secondary N) is 1. The van der Waals surface area contributed by atoms with Gasteiger partial charge in [-0.1, -0.05) is 30.0 Å². The van der Waals surface area contributed by atoms with Crippen molar-refractivity contribution in [1.82, 2.24) is 20.2 Å². The summed E-state index contributed by atoms with van der Waals surface area (Å²) in [4.78, 5) is 30.5. The first kappa shape index (κ1) is 14.5. The third kappa shape index (κ3) is 2.77. The van der Waals surface area contributed by atoms with Crippen LogP contribution in [0.3, 0.4) is 0 Å². The molecule has 3 aromatic rings. The summed E-state index contributed by atoms with van der Waals surface area (Å²) in [6.45, 7) is 2.06. The number of aromatic nitrogens is 4. The SMILES string of the molecule is CCOC(=O)CSc1nc2c(nnc3ccccc32)c(=O)[nH]1. The van der Waals surface area contributed by atoms with Crippen LogP contribution < -0.4 is 5.56 Å². The molecule has 0 spiro atoms. The smallest absolute Gasteiger partial charge is 0.316 e. The Labute approximate surface area is 129 Å². The zero-order valence-electron chi connectivity index (χ0n) is 11.7. The molecule has 0 saturated carbocycles. The fourth-order valence-corrected chi connectivity index (χ4v) is 2.65. The van der Waals surface area contributed by atoms with Gasteiger partial charge in [-0.2, -0.15) is 0 Å². The first-order valence-corrected chi connectivity index (χ1v) is 7.61. The van der Waals surface area contributed by atoms with E-state index in [1.165, 1.54) is 0 Å². The molecule has 0 unspecified atom stereocenters. The van der Waals surface area contributed by atoms with Crippen LogP contribution >= 0.6 is 11.8 Å². The second-order valence-corrected chi connectivity index (χ2v) is 5.34. The summed E-state index contributed by atoms with van der Waals surface area (Å²) in [6, 6.07) is 7.32. The molecule has 0 aliphatic rings. The highest BCUT2D eigenvalue weighted by atomic mass is 32.2. The Kier molecular flexibility index (Phi) is 4.01. The molecule has 3 rings (SSSR count). The predicted octanol–water partition coefficient (Wildman–Crippen LogP) is 1.52. The minimum atomic E-state index is -0.380. The summed E-state index contributed by atoms with van der Waals surface area (Å²) in [5.74, 6) is -0.272. The van der Waals surface area contributed by atoms with Crippen LogP contribution in [0.4, 0.5) is 0 Å². The molecule has 2 aromatic heterocycles. The molecule has 8 heteroatoms. The first-order valence-electron chi connectivity index (χ1n) is 6.63. The minimum Gasteiger partial charge on any atom is -0.465 e. The molecular weight excluding hydrogens is 304 g/mol. The van der Waals surface area contributed by atoms with E-state index in [2.05, 4.69) is 20.2 Å². The second kappa shape index (κ2) is 6.10. The first-order chi connectivity index (χ1) is 10.7. The van der Waals surface area contributed by atoms with Gasteiger partial charge in [0, 0.05) is 5.39 Å². The maximum absolute atomic E-state index is 12.1. The fourth-order valence-electron chi connectivity index (χ4n) is 1.99. The van der Waals surface area contributed by atoms with Crippen LogP contribution in [-0.2, 0) is 9.53 Å². The number of carbonyl (C=O) groups is 1. The van der Waals surface area contributed by atoms with E-state index < -0.39 is 0 Å². The molecule has 22 heavy (non-hydrogen) atoms. The van der Waals surface area contributed by atoms with Crippen molar-refractivity contribution in [2.75, 3.05) is 12.4 Å². The van der Waals surface area contributed by atoms with E-state index in [0.717, 1.165) is 17.1 Å². The Morgan fingerprint density at radius 3 is 2.91 bits per heavy atom. The second-order valence-electron chi connectivity index (χ2n) is 4.38. The van der Waals surface area contributed by atoms with Crippen LogP contribution in [0.5, 0.6) is 0 Å². The number of benzene rings is 1. The molecule has 0 amide bonds. The molecule has 0 aliphatic carbocycles. The summed E-state index contributed by atoms with van der Waals surface area (Å²) in [6.07, 6.45) is 0. The zero-order chi connectivity index (χ0) is 15.5. The Hall–Kier alpha value is -2.48. The Morgan fingerprint density at radius 1 is 1.27 bits per heavy atom. The number of esters is 1. The fraction of sp³-hybridized carbons (Fsp3) is 0.214. The van der Waals surface area contributed by atoms with Crippen molar-refractivity contribution in [3.05, 3.63) is 34.6 Å². The van der Waals surface area contributed by atoms with E-state index in [0.29, 0.717) is 22.8 Å². The lowest BCUT2D eigenvalue weighted by Crippen LogP contribution is -2.13. The Bertz CT molecular complexity index is 909. The van der Waals surface area contributed by atoms with Gasteiger partial charge >= 0.3 is 5.97 Å². The summed E-state index contributed by atoms with van der Waals surface area (Å²) in [5.41, 5.74) is 0.934. The van der Waals surface area contributed by atoms with Gasteiger partial charge < -0.3 is 4.74 Å². The van der Waals surface area contributed by atoms with E-state index >= 15 is 0 Å². The largest absolute Gasteiger partial charge is 0.465 e. The summed E-state index contributed by atoms with van der Waals surface area (Å²) in [5, 5.41) is 9.02. The average Bonchev–Trinajstić information content (AvgIpc) is 2.53. The maximum Gasteiger partial charge on any atom is 0.316 e. The number of rotatable bonds is 4. The van der Waals surface area contributed by atoms with Crippen LogP contribution in [0, 0.1) is 0 Å². The van der Waals surface area contributed by atoms with E-state index in [1.807, 2.05) is 18.2 Å². The Morgan fingerprint density at radius 2 is 2.09 bits per heavy atom. The third-order valence-electron chi connectivity index (χ3n) is 2.92. The number of nitrogens with zero attached hydrogens (tertiary/aromatic N) is 3. The number of ether oxygens (including phenoxy) is 1. The molecular formula is C14H12N4O3S. The van der Waals surface area contributed by atoms with Gasteiger partial charge in [-0.15, -0.1) is 10.2 Å². The highest BCUT2D eigenvalue weighted by Crippen LogP contribution is 2.20. The van der Waals surface area contributed by atoms with Gasteiger partial charge in [0.05, 0.1) is 17.9 Å². The van der Waals surface area contributed by atoms with Gasteiger partial charge in [0.15, 0.2) is 10.7 Å². The Balaban J connectivity index is 2.04. The molecule has 0 bridgehead atoms. The van der Waals surface area contributed by atoms with Crippen LogP contribution in [0.15, 0.2) is 34.2 Å². The monoisotopic (exact) mass is 316 g/mol. The van der Waals surface area contributed by atoms with Crippen molar-refractivity contribution in [2.24, 2.45) is 0 Å².